The Morgan fingerprint density at radius 2 is 2.00 bits per heavy atom. The summed E-state index contributed by atoms with van der Waals surface area (Å²) in [5.74, 6) is 1.62. The number of rotatable bonds is 7. The zero-order valence-electron chi connectivity index (χ0n) is 18.7. The van der Waals surface area contributed by atoms with Gasteiger partial charge in [-0.05, 0) is 45.6 Å². The predicted molar refractivity (Wildman–Crippen MR) is 123 cm³/mol. The summed E-state index contributed by atoms with van der Waals surface area (Å²) >= 11 is 0. The van der Waals surface area contributed by atoms with Crippen molar-refractivity contribution in [3.63, 3.8) is 0 Å². The molecule has 1 amide bonds. The van der Waals surface area contributed by atoms with Gasteiger partial charge >= 0.3 is 0 Å². The van der Waals surface area contributed by atoms with Gasteiger partial charge in [0.15, 0.2) is 11.6 Å². The minimum atomic E-state index is 0.249. The molecule has 0 aliphatic heterocycles. The Hall–Kier alpha value is -3.36. The minimum Gasteiger partial charge on any atom is -0.336 e. The van der Waals surface area contributed by atoms with Crippen LogP contribution in [0.4, 0.5) is 11.6 Å². The van der Waals surface area contributed by atoms with Crippen molar-refractivity contribution in [3.05, 3.63) is 29.8 Å². The number of carbonyl (C=O) groups is 1. The van der Waals surface area contributed by atoms with Gasteiger partial charge in [-0.15, -0.1) is 0 Å². The van der Waals surface area contributed by atoms with Crippen molar-refractivity contribution in [2.75, 3.05) is 5.32 Å². The fourth-order valence-electron chi connectivity index (χ4n) is 4.81. The maximum Gasteiger partial charge on any atom is 0.229 e. The summed E-state index contributed by atoms with van der Waals surface area (Å²) in [5, 5.41) is 11.6. The maximum atomic E-state index is 13.3. The molecule has 9 heteroatoms. The molecule has 2 aliphatic rings. The van der Waals surface area contributed by atoms with Crippen molar-refractivity contribution in [3.8, 4) is 0 Å². The first-order valence-electron chi connectivity index (χ1n) is 11.5. The van der Waals surface area contributed by atoms with E-state index in [1.165, 1.54) is 0 Å². The fourth-order valence-corrected chi connectivity index (χ4v) is 4.81. The molecule has 2 fully saturated rings. The number of aryl methyl sites for hydroxylation is 3. The first-order chi connectivity index (χ1) is 15.5. The van der Waals surface area contributed by atoms with Gasteiger partial charge in [-0.2, -0.15) is 5.10 Å². The Morgan fingerprint density at radius 1 is 1.25 bits per heavy atom. The van der Waals surface area contributed by atoms with E-state index in [1.807, 2.05) is 30.9 Å². The van der Waals surface area contributed by atoms with Crippen LogP contribution < -0.4 is 5.32 Å². The summed E-state index contributed by atoms with van der Waals surface area (Å²) in [5.41, 5.74) is 4.66. The number of amides is 1. The number of pyridine rings is 1. The molecule has 166 valence electrons. The zero-order chi connectivity index (χ0) is 22.0. The summed E-state index contributed by atoms with van der Waals surface area (Å²) < 4.78 is 4.19. The molecule has 4 aromatic rings. The minimum absolute atomic E-state index is 0.249. The number of fused-ring (bicyclic) bond motifs is 3. The highest BCUT2D eigenvalue weighted by Crippen LogP contribution is 2.38. The molecule has 32 heavy (non-hydrogen) atoms. The molecule has 0 aromatic carbocycles. The van der Waals surface area contributed by atoms with E-state index in [0.717, 1.165) is 65.7 Å². The number of aromatic amines is 1. The largest absolute Gasteiger partial charge is 0.336 e. The van der Waals surface area contributed by atoms with E-state index < -0.39 is 0 Å². The van der Waals surface area contributed by atoms with E-state index in [1.54, 1.807) is 0 Å². The summed E-state index contributed by atoms with van der Waals surface area (Å²) in [6.07, 6.45) is 6.83. The summed E-state index contributed by atoms with van der Waals surface area (Å²) in [6, 6.07) is 5.00. The van der Waals surface area contributed by atoms with E-state index in [4.69, 9.17) is 4.98 Å². The van der Waals surface area contributed by atoms with Crippen LogP contribution in [0.2, 0.25) is 0 Å². The second-order valence-electron chi connectivity index (χ2n) is 9.13. The molecular weight excluding hydrogens is 404 g/mol. The summed E-state index contributed by atoms with van der Waals surface area (Å²) in [7, 11) is 1.99. The maximum absolute atomic E-state index is 13.3. The predicted octanol–water partition coefficient (Wildman–Crippen LogP) is 3.41. The monoisotopic (exact) mass is 432 g/mol. The Bertz CT molecular complexity index is 1330. The van der Waals surface area contributed by atoms with Gasteiger partial charge in [-0.1, -0.05) is 0 Å². The number of hydrogen-bond donors (Lipinski definition) is 2. The normalized spacial score (nSPS) is 16.2. The van der Waals surface area contributed by atoms with Crippen LogP contribution in [0.15, 0.2) is 18.5 Å². The number of H-pyrrole nitrogens is 1. The van der Waals surface area contributed by atoms with Gasteiger partial charge in [0.1, 0.15) is 11.2 Å². The molecule has 0 bridgehead atoms. The van der Waals surface area contributed by atoms with E-state index in [2.05, 4.69) is 43.0 Å². The fraction of sp³-hybridized carbons (Fsp3) is 0.478. The van der Waals surface area contributed by atoms with Gasteiger partial charge < -0.3 is 19.4 Å². The average Bonchev–Trinajstić information content (AvgIpc) is 3.67. The van der Waals surface area contributed by atoms with Crippen LogP contribution in [0.3, 0.4) is 0 Å². The molecule has 9 nitrogen and oxygen atoms in total. The standard InChI is InChI=1S/C23H28N8O/c1-4-30-16(11-19(32)31(14-5-6-14)15-7-8-15)10-17-21-20(24-12-29(21)3)22(26-23(17)30)25-18-9-13(2)27-28-18/h9-10,12,14-15H,4-8,11H2,1-3H3,(H2,25,26,27,28). The lowest BCUT2D eigenvalue weighted by Crippen LogP contribution is -2.36. The van der Waals surface area contributed by atoms with E-state index in [-0.39, 0.29) is 5.91 Å². The summed E-state index contributed by atoms with van der Waals surface area (Å²) in [6.45, 7) is 4.81. The van der Waals surface area contributed by atoms with Crippen LogP contribution in [-0.4, -0.2) is 52.2 Å². The van der Waals surface area contributed by atoms with Crippen molar-refractivity contribution in [1.29, 1.82) is 0 Å². The third-order valence-corrected chi connectivity index (χ3v) is 6.56. The lowest BCUT2D eigenvalue weighted by molar-refractivity contribution is -0.131. The van der Waals surface area contributed by atoms with Gasteiger partial charge in [0.2, 0.25) is 5.91 Å². The van der Waals surface area contributed by atoms with Crippen LogP contribution >= 0.6 is 0 Å². The molecule has 0 atom stereocenters. The first-order valence-corrected chi connectivity index (χ1v) is 11.5. The molecular formula is C23H28N8O. The molecule has 2 aliphatic carbocycles. The SMILES string of the molecule is CCn1c(CC(=O)N(C2CC2)C2CC2)cc2c3c(ncn3C)c(Nc3cc(C)[nH]n3)nc21. The quantitative estimate of drug-likeness (QED) is 0.466. The smallest absolute Gasteiger partial charge is 0.229 e. The van der Waals surface area contributed by atoms with Crippen LogP contribution in [0.1, 0.15) is 44.0 Å². The zero-order valence-corrected chi connectivity index (χ0v) is 18.7. The van der Waals surface area contributed by atoms with Crippen LogP contribution in [0.25, 0.3) is 22.1 Å². The van der Waals surface area contributed by atoms with Gasteiger partial charge in [-0.25, -0.2) is 9.97 Å². The number of imidazole rings is 1. The number of nitrogens with one attached hydrogen (secondary N) is 2. The van der Waals surface area contributed by atoms with Crippen LogP contribution in [-0.2, 0) is 24.8 Å². The van der Waals surface area contributed by atoms with Gasteiger partial charge in [-0.3, -0.25) is 9.89 Å². The Labute approximate surface area is 185 Å². The third-order valence-electron chi connectivity index (χ3n) is 6.56. The van der Waals surface area contributed by atoms with Gasteiger partial charge in [0.25, 0.3) is 0 Å². The van der Waals surface area contributed by atoms with Gasteiger partial charge in [0, 0.05) is 48.5 Å². The highest BCUT2D eigenvalue weighted by molar-refractivity contribution is 6.07. The van der Waals surface area contributed by atoms with Crippen molar-refractivity contribution in [2.24, 2.45) is 7.05 Å². The van der Waals surface area contributed by atoms with Crippen molar-refractivity contribution < 1.29 is 4.79 Å². The lowest BCUT2D eigenvalue weighted by atomic mass is 10.2. The molecule has 2 N–H and O–H groups in total. The lowest BCUT2D eigenvalue weighted by Gasteiger charge is -2.22. The van der Waals surface area contributed by atoms with Crippen molar-refractivity contribution >= 4 is 39.6 Å². The average molecular weight is 433 g/mol. The molecule has 0 unspecified atom stereocenters. The molecule has 6 rings (SSSR count). The van der Waals surface area contributed by atoms with E-state index in [9.17, 15) is 4.79 Å². The van der Waals surface area contributed by atoms with Crippen molar-refractivity contribution in [1.82, 2.24) is 34.2 Å². The Morgan fingerprint density at radius 3 is 2.62 bits per heavy atom. The highest BCUT2D eigenvalue weighted by atomic mass is 16.2. The number of hydrogen-bond acceptors (Lipinski definition) is 5. The van der Waals surface area contributed by atoms with Crippen molar-refractivity contribution in [2.45, 2.75) is 64.6 Å². The van der Waals surface area contributed by atoms with Crippen LogP contribution in [0, 0.1) is 6.92 Å². The number of anilines is 2. The van der Waals surface area contributed by atoms with Crippen LogP contribution in [0.5, 0.6) is 0 Å². The number of aromatic nitrogens is 6. The Balaban J connectivity index is 1.44. The number of carbonyl (C=O) groups excluding carboxylic acids is 1. The van der Waals surface area contributed by atoms with E-state index >= 15 is 0 Å². The molecule has 0 spiro atoms. The Kier molecular flexibility index (Phi) is 4.28. The highest BCUT2D eigenvalue weighted by Gasteiger charge is 2.42. The second kappa shape index (κ2) is 7.08. The second-order valence-corrected chi connectivity index (χ2v) is 9.13. The first kappa shape index (κ1) is 19.3. The molecule has 4 heterocycles. The van der Waals surface area contributed by atoms with E-state index in [0.29, 0.717) is 30.1 Å². The van der Waals surface area contributed by atoms with Gasteiger partial charge in [0.05, 0.1) is 18.3 Å². The third kappa shape index (κ3) is 3.14. The summed E-state index contributed by atoms with van der Waals surface area (Å²) in [4.78, 5) is 25.0. The topological polar surface area (TPSA) is 96.7 Å². The molecule has 2 saturated carbocycles. The molecule has 4 aromatic heterocycles. The molecule has 0 saturated heterocycles. The molecule has 0 radical (unpaired) electrons. The number of nitrogens with zero attached hydrogens (tertiary/aromatic N) is 6.